The fourth-order valence-electron chi connectivity index (χ4n) is 1.22. The van der Waals surface area contributed by atoms with Gasteiger partial charge in [0.05, 0.1) is 0 Å². The number of nitriles is 1. The van der Waals surface area contributed by atoms with E-state index in [1.165, 1.54) is 11.3 Å². The van der Waals surface area contributed by atoms with Crippen LogP contribution in [0.25, 0.3) is 11.3 Å². The molecule has 2 aromatic rings. The van der Waals surface area contributed by atoms with E-state index < -0.39 is 0 Å². The Labute approximate surface area is 91.0 Å². The predicted octanol–water partition coefficient (Wildman–Crippen LogP) is 1.97. The van der Waals surface area contributed by atoms with Crippen molar-refractivity contribution in [3.05, 3.63) is 28.9 Å². The number of hydrogen-bond acceptors (Lipinski definition) is 5. The van der Waals surface area contributed by atoms with Crippen molar-refractivity contribution in [3.8, 4) is 17.3 Å². The van der Waals surface area contributed by atoms with E-state index in [9.17, 15) is 0 Å². The minimum atomic E-state index is 0.405. The Morgan fingerprint density at radius 1 is 1.47 bits per heavy atom. The van der Waals surface area contributed by atoms with Crippen LogP contribution in [0.2, 0.25) is 0 Å². The van der Waals surface area contributed by atoms with Crippen molar-refractivity contribution in [1.29, 1.82) is 5.26 Å². The van der Waals surface area contributed by atoms with Crippen molar-refractivity contribution < 1.29 is 0 Å². The van der Waals surface area contributed by atoms with Crippen LogP contribution in [0.1, 0.15) is 10.6 Å². The highest BCUT2D eigenvalue weighted by atomic mass is 32.1. The number of anilines is 1. The smallest absolute Gasteiger partial charge is 0.181 e. The first-order valence-corrected chi connectivity index (χ1v) is 5.12. The first kappa shape index (κ1) is 9.62. The second-order valence-corrected chi connectivity index (χ2v) is 4.06. The molecule has 0 spiro atoms. The number of thiazole rings is 1. The summed E-state index contributed by atoms with van der Waals surface area (Å²) in [5, 5.41) is 9.30. The molecule has 0 aliphatic rings. The molecule has 0 aliphatic carbocycles. The highest BCUT2D eigenvalue weighted by Gasteiger charge is 2.11. The fraction of sp³-hybridized carbons (Fsp3) is 0.100. The summed E-state index contributed by atoms with van der Waals surface area (Å²) in [6, 6.07) is 5.85. The molecule has 0 amide bonds. The van der Waals surface area contributed by atoms with Crippen LogP contribution in [0.3, 0.4) is 0 Å². The van der Waals surface area contributed by atoms with Gasteiger partial charge in [-0.1, -0.05) is 11.3 Å². The quantitative estimate of drug-likeness (QED) is 0.790. The zero-order valence-electron chi connectivity index (χ0n) is 8.06. The number of aromatic nitrogens is 2. The maximum absolute atomic E-state index is 8.89. The standard InChI is InChI=1S/C10H8N4S/c1-6-2-3-7(5-13-6)9-8(4-11)15-10(12)14-9/h2-3,5H,1H3,(H2,12,14). The van der Waals surface area contributed by atoms with Gasteiger partial charge in [-0.25, -0.2) is 4.98 Å². The molecule has 0 aromatic carbocycles. The molecule has 2 heterocycles. The maximum Gasteiger partial charge on any atom is 0.181 e. The van der Waals surface area contributed by atoms with E-state index in [0.29, 0.717) is 15.7 Å². The van der Waals surface area contributed by atoms with Crippen LogP contribution < -0.4 is 5.73 Å². The SMILES string of the molecule is Cc1ccc(-c2nc(N)sc2C#N)cn1. The van der Waals surface area contributed by atoms with Crippen LogP contribution in [-0.2, 0) is 0 Å². The van der Waals surface area contributed by atoms with E-state index in [0.717, 1.165) is 11.3 Å². The lowest BCUT2D eigenvalue weighted by molar-refractivity contribution is 1.20. The molecule has 0 atom stereocenters. The van der Waals surface area contributed by atoms with Crippen LogP contribution in [0.15, 0.2) is 18.3 Å². The lowest BCUT2D eigenvalue weighted by Crippen LogP contribution is -1.86. The number of nitrogens with zero attached hydrogens (tertiary/aromatic N) is 3. The monoisotopic (exact) mass is 216 g/mol. The summed E-state index contributed by atoms with van der Waals surface area (Å²) in [6.07, 6.45) is 1.70. The van der Waals surface area contributed by atoms with Crippen LogP contribution in [0.4, 0.5) is 5.13 Å². The summed E-state index contributed by atoms with van der Waals surface area (Å²) in [5.41, 5.74) is 7.93. The lowest BCUT2D eigenvalue weighted by Gasteiger charge is -1.96. The van der Waals surface area contributed by atoms with E-state index in [4.69, 9.17) is 11.0 Å². The van der Waals surface area contributed by atoms with Gasteiger partial charge in [-0.3, -0.25) is 4.98 Å². The van der Waals surface area contributed by atoms with Gasteiger partial charge in [0.2, 0.25) is 0 Å². The molecule has 0 unspecified atom stereocenters. The summed E-state index contributed by atoms with van der Waals surface area (Å²) in [7, 11) is 0. The van der Waals surface area contributed by atoms with Crippen molar-refractivity contribution >= 4 is 16.5 Å². The first-order chi connectivity index (χ1) is 7.20. The minimum Gasteiger partial charge on any atom is -0.375 e. The second kappa shape index (κ2) is 3.67. The molecule has 0 bridgehead atoms. The van der Waals surface area contributed by atoms with Gasteiger partial charge in [0.25, 0.3) is 0 Å². The summed E-state index contributed by atoms with van der Waals surface area (Å²) in [6.45, 7) is 1.91. The number of pyridine rings is 1. The molecular weight excluding hydrogens is 208 g/mol. The molecule has 5 heteroatoms. The van der Waals surface area contributed by atoms with Crippen molar-refractivity contribution in [2.24, 2.45) is 0 Å². The third-order valence-corrected chi connectivity index (χ3v) is 2.72. The molecule has 4 nitrogen and oxygen atoms in total. The van der Waals surface area contributed by atoms with Gasteiger partial charge in [0.15, 0.2) is 5.13 Å². The number of nitrogens with two attached hydrogens (primary N) is 1. The molecule has 74 valence electrons. The molecule has 15 heavy (non-hydrogen) atoms. The van der Waals surface area contributed by atoms with Gasteiger partial charge in [-0.15, -0.1) is 0 Å². The Morgan fingerprint density at radius 2 is 2.27 bits per heavy atom. The normalized spacial score (nSPS) is 9.87. The molecule has 0 saturated carbocycles. The number of nitrogen functional groups attached to an aromatic ring is 1. The summed E-state index contributed by atoms with van der Waals surface area (Å²) in [4.78, 5) is 8.80. The lowest BCUT2D eigenvalue weighted by atomic mass is 10.2. The molecule has 0 radical (unpaired) electrons. The van der Waals surface area contributed by atoms with Crippen molar-refractivity contribution in [2.45, 2.75) is 6.92 Å². The largest absolute Gasteiger partial charge is 0.375 e. The van der Waals surface area contributed by atoms with E-state index in [-0.39, 0.29) is 0 Å². The fourth-order valence-corrected chi connectivity index (χ4v) is 1.87. The summed E-state index contributed by atoms with van der Waals surface area (Å²) in [5.74, 6) is 0. The van der Waals surface area contributed by atoms with Gasteiger partial charge in [0, 0.05) is 17.5 Å². The van der Waals surface area contributed by atoms with Crippen molar-refractivity contribution in [2.75, 3.05) is 5.73 Å². The third kappa shape index (κ3) is 1.80. The van der Waals surface area contributed by atoms with E-state index in [1.54, 1.807) is 6.20 Å². The average molecular weight is 216 g/mol. The maximum atomic E-state index is 8.89. The second-order valence-electron chi connectivity index (χ2n) is 3.03. The number of hydrogen-bond donors (Lipinski definition) is 1. The van der Waals surface area contributed by atoms with Gasteiger partial charge in [-0.2, -0.15) is 5.26 Å². The molecule has 0 aliphatic heterocycles. The molecule has 0 saturated heterocycles. The van der Waals surface area contributed by atoms with Gasteiger partial charge < -0.3 is 5.73 Å². The van der Waals surface area contributed by atoms with E-state index >= 15 is 0 Å². The molecular formula is C10H8N4S. The average Bonchev–Trinajstić information content (AvgIpc) is 2.61. The van der Waals surface area contributed by atoms with Crippen LogP contribution >= 0.6 is 11.3 Å². The summed E-state index contributed by atoms with van der Waals surface area (Å²) < 4.78 is 0. The molecule has 2 aromatic heterocycles. The Kier molecular flexibility index (Phi) is 2.35. The van der Waals surface area contributed by atoms with Crippen LogP contribution in [0.5, 0.6) is 0 Å². The highest BCUT2D eigenvalue weighted by molar-refractivity contribution is 7.16. The van der Waals surface area contributed by atoms with Gasteiger partial charge >= 0.3 is 0 Å². The van der Waals surface area contributed by atoms with Crippen LogP contribution in [0, 0.1) is 18.3 Å². The topological polar surface area (TPSA) is 75.6 Å². The number of rotatable bonds is 1. The molecule has 0 fully saturated rings. The van der Waals surface area contributed by atoms with Gasteiger partial charge in [-0.05, 0) is 19.1 Å². The Morgan fingerprint density at radius 3 is 2.87 bits per heavy atom. The van der Waals surface area contributed by atoms with Gasteiger partial charge in [0.1, 0.15) is 16.6 Å². The van der Waals surface area contributed by atoms with Crippen molar-refractivity contribution in [3.63, 3.8) is 0 Å². The Bertz CT molecular complexity index is 521. The van der Waals surface area contributed by atoms with E-state index in [2.05, 4.69) is 16.0 Å². The zero-order chi connectivity index (χ0) is 10.8. The zero-order valence-corrected chi connectivity index (χ0v) is 8.88. The predicted molar refractivity (Wildman–Crippen MR) is 59.2 cm³/mol. The first-order valence-electron chi connectivity index (χ1n) is 4.30. The highest BCUT2D eigenvalue weighted by Crippen LogP contribution is 2.28. The Balaban J connectivity index is 2.54. The summed E-state index contributed by atoms with van der Waals surface area (Å²) >= 11 is 1.19. The molecule has 2 N–H and O–H groups in total. The van der Waals surface area contributed by atoms with Crippen molar-refractivity contribution in [1.82, 2.24) is 9.97 Å². The third-order valence-electron chi connectivity index (χ3n) is 1.93. The van der Waals surface area contributed by atoms with E-state index in [1.807, 2.05) is 19.1 Å². The number of aryl methyl sites for hydroxylation is 1. The Hall–Kier alpha value is -1.93. The molecule has 2 rings (SSSR count). The van der Waals surface area contributed by atoms with Crippen LogP contribution in [-0.4, -0.2) is 9.97 Å². The minimum absolute atomic E-state index is 0.405.